The summed E-state index contributed by atoms with van der Waals surface area (Å²) in [5.41, 5.74) is 0.278. The maximum Gasteiger partial charge on any atom is 0.418 e. The van der Waals surface area contributed by atoms with Crippen molar-refractivity contribution < 1.29 is 27.4 Å². The number of rotatable bonds is 7. The molecule has 0 fully saturated rings. The Morgan fingerprint density at radius 3 is 2.39 bits per heavy atom. The first-order valence-electron chi connectivity index (χ1n) is 9.37. The summed E-state index contributed by atoms with van der Waals surface area (Å²) in [6, 6.07) is 19.5. The van der Waals surface area contributed by atoms with Crippen molar-refractivity contribution in [1.82, 2.24) is 0 Å². The normalized spacial score (nSPS) is 11.4. The molecule has 7 heteroatoms. The van der Waals surface area contributed by atoms with E-state index in [4.69, 9.17) is 9.47 Å². The first-order valence-corrected chi connectivity index (χ1v) is 9.37. The summed E-state index contributed by atoms with van der Waals surface area (Å²) in [6.45, 7) is 0.285. The number of para-hydroxylation sites is 2. The fraction of sp³-hybridized carbons (Fsp3) is 0.125. The highest BCUT2D eigenvalue weighted by Gasteiger charge is 2.33. The van der Waals surface area contributed by atoms with Crippen molar-refractivity contribution in [2.24, 2.45) is 0 Å². The Hall–Kier alpha value is -3.74. The highest BCUT2D eigenvalue weighted by molar-refractivity contribution is 6.02. The van der Waals surface area contributed by atoms with Crippen LogP contribution in [0.3, 0.4) is 0 Å². The molecule has 0 aliphatic rings. The zero-order valence-corrected chi connectivity index (χ0v) is 16.6. The second-order valence-electron chi connectivity index (χ2n) is 6.52. The summed E-state index contributed by atoms with van der Waals surface area (Å²) in [7, 11) is 1.50. The molecule has 3 aromatic carbocycles. The Balaban J connectivity index is 1.78. The van der Waals surface area contributed by atoms with Crippen molar-refractivity contribution >= 4 is 17.7 Å². The van der Waals surface area contributed by atoms with Crippen LogP contribution in [0, 0.1) is 0 Å². The van der Waals surface area contributed by atoms with Crippen LogP contribution in [0.15, 0.2) is 78.9 Å². The van der Waals surface area contributed by atoms with E-state index in [9.17, 15) is 18.0 Å². The van der Waals surface area contributed by atoms with E-state index in [-0.39, 0.29) is 12.3 Å². The summed E-state index contributed by atoms with van der Waals surface area (Å²) >= 11 is 0. The molecule has 0 aromatic heterocycles. The molecule has 0 atom stereocenters. The molecule has 0 radical (unpaired) electrons. The molecule has 0 saturated carbocycles. The van der Waals surface area contributed by atoms with Gasteiger partial charge >= 0.3 is 6.18 Å². The molecular weight excluding hydrogens is 407 g/mol. The number of carbonyl (C=O) groups is 1. The maximum atomic E-state index is 13.1. The van der Waals surface area contributed by atoms with Crippen molar-refractivity contribution in [2.45, 2.75) is 12.8 Å². The van der Waals surface area contributed by atoms with Gasteiger partial charge < -0.3 is 14.8 Å². The van der Waals surface area contributed by atoms with Crippen LogP contribution in [-0.2, 0) is 17.6 Å². The highest BCUT2D eigenvalue weighted by Crippen LogP contribution is 2.35. The summed E-state index contributed by atoms with van der Waals surface area (Å²) in [5.74, 6) is 0.197. The number of ether oxygens (including phenoxy) is 2. The van der Waals surface area contributed by atoms with Crippen LogP contribution in [0.2, 0.25) is 0 Å². The van der Waals surface area contributed by atoms with Gasteiger partial charge in [0.25, 0.3) is 0 Å². The van der Waals surface area contributed by atoms with Gasteiger partial charge in [0, 0.05) is 11.6 Å². The number of alkyl halides is 3. The number of methoxy groups -OCH3 is 1. The number of anilines is 1. The third kappa shape index (κ3) is 5.88. The molecule has 4 nitrogen and oxygen atoms in total. The Bertz CT molecular complexity index is 1060. The third-order valence-corrected chi connectivity index (χ3v) is 4.36. The van der Waals surface area contributed by atoms with E-state index in [1.807, 2.05) is 30.3 Å². The maximum absolute atomic E-state index is 13.1. The lowest BCUT2D eigenvalue weighted by molar-refractivity contribution is -0.136. The number of benzene rings is 3. The molecule has 3 aromatic rings. The Morgan fingerprint density at radius 2 is 1.68 bits per heavy atom. The summed E-state index contributed by atoms with van der Waals surface area (Å²) in [5, 5.41) is 2.28. The number of hydrogen-bond acceptors (Lipinski definition) is 3. The van der Waals surface area contributed by atoms with E-state index in [1.54, 1.807) is 18.2 Å². The van der Waals surface area contributed by atoms with E-state index in [0.717, 1.165) is 17.7 Å². The first-order chi connectivity index (χ1) is 14.9. The zero-order chi connectivity index (χ0) is 22.3. The number of amides is 1. The summed E-state index contributed by atoms with van der Waals surface area (Å²) in [6.07, 6.45) is -1.95. The van der Waals surface area contributed by atoms with Gasteiger partial charge in [-0.05, 0) is 29.8 Å². The van der Waals surface area contributed by atoms with Gasteiger partial charge in [0.15, 0.2) is 11.5 Å². The van der Waals surface area contributed by atoms with Crippen molar-refractivity contribution in [1.29, 1.82) is 0 Å². The fourth-order valence-electron chi connectivity index (χ4n) is 2.89. The monoisotopic (exact) mass is 427 g/mol. The molecule has 160 valence electrons. The van der Waals surface area contributed by atoms with Crippen molar-refractivity contribution in [2.75, 3.05) is 12.4 Å². The van der Waals surface area contributed by atoms with E-state index in [1.165, 1.54) is 31.4 Å². The molecule has 1 N–H and O–H groups in total. The Kier molecular flexibility index (Phi) is 6.97. The largest absolute Gasteiger partial charge is 0.493 e. The highest BCUT2D eigenvalue weighted by atomic mass is 19.4. The van der Waals surface area contributed by atoms with Gasteiger partial charge in [0.05, 0.1) is 18.4 Å². The minimum absolute atomic E-state index is 0.285. The molecular formula is C24H20F3NO3. The molecule has 0 saturated heterocycles. The van der Waals surface area contributed by atoms with Gasteiger partial charge in [-0.1, -0.05) is 54.6 Å². The number of halogens is 3. The minimum atomic E-state index is -4.57. The number of carbonyl (C=O) groups excluding carboxylic acids is 1. The second kappa shape index (κ2) is 9.84. The van der Waals surface area contributed by atoms with Crippen LogP contribution in [-0.4, -0.2) is 13.0 Å². The number of nitrogens with one attached hydrogen (secondary N) is 1. The molecule has 1 amide bonds. The summed E-state index contributed by atoms with van der Waals surface area (Å²) < 4.78 is 50.6. The molecule has 0 aliphatic heterocycles. The van der Waals surface area contributed by atoms with Crippen LogP contribution in [0.5, 0.6) is 11.5 Å². The minimum Gasteiger partial charge on any atom is -0.493 e. The van der Waals surface area contributed by atoms with Gasteiger partial charge in [-0.2, -0.15) is 13.2 Å². The second-order valence-corrected chi connectivity index (χ2v) is 6.52. The van der Waals surface area contributed by atoms with E-state index in [0.29, 0.717) is 17.1 Å². The van der Waals surface area contributed by atoms with Crippen LogP contribution < -0.4 is 14.8 Å². The Morgan fingerprint density at radius 1 is 0.968 bits per heavy atom. The Labute approximate surface area is 177 Å². The fourth-order valence-corrected chi connectivity index (χ4v) is 2.89. The molecule has 3 rings (SSSR count). The zero-order valence-electron chi connectivity index (χ0n) is 16.6. The lowest BCUT2D eigenvalue weighted by Crippen LogP contribution is -2.14. The van der Waals surface area contributed by atoms with E-state index < -0.39 is 17.6 Å². The molecule has 0 heterocycles. The lowest BCUT2D eigenvalue weighted by Gasteiger charge is -2.14. The SMILES string of the molecule is COc1cccc(/C=C/C(=O)Nc2ccccc2C(F)(F)F)c1OCc1ccccc1. The van der Waals surface area contributed by atoms with E-state index >= 15 is 0 Å². The van der Waals surface area contributed by atoms with Crippen LogP contribution in [0.4, 0.5) is 18.9 Å². The molecule has 0 aliphatic carbocycles. The summed E-state index contributed by atoms with van der Waals surface area (Å²) in [4.78, 5) is 12.3. The predicted octanol–water partition coefficient (Wildman–Crippen LogP) is 5.94. The van der Waals surface area contributed by atoms with E-state index in [2.05, 4.69) is 5.32 Å². The topological polar surface area (TPSA) is 47.6 Å². The van der Waals surface area contributed by atoms with Crippen molar-refractivity contribution in [3.8, 4) is 11.5 Å². The van der Waals surface area contributed by atoms with Gasteiger partial charge in [-0.25, -0.2) is 0 Å². The van der Waals surface area contributed by atoms with Crippen LogP contribution in [0.25, 0.3) is 6.08 Å². The smallest absolute Gasteiger partial charge is 0.418 e. The molecule has 31 heavy (non-hydrogen) atoms. The van der Waals surface area contributed by atoms with Gasteiger partial charge in [-0.15, -0.1) is 0 Å². The van der Waals surface area contributed by atoms with Crippen molar-refractivity contribution in [3.63, 3.8) is 0 Å². The quantitative estimate of drug-likeness (QED) is 0.475. The average Bonchev–Trinajstić information content (AvgIpc) is 2.76. The average molecular weight is 427 g/mol. The molecule has 0 unspecified atom stereocenters. The number of hydrogen-bond donors (Lipinski definition) is 1. The van der Waals surface area contributed by atoms with Gasteiger partial charge in [0.2, 0.25) is 5.91 Å². The third-order valence-electron chi connectivity index (χ3n) is 4.36. The molecule has 0 bridgehead atoms. The van der Waals surface area contributed by atoms with Crippen LogP contribution >= 0.6 is 0 Å². The van der Waals surface area contributed by atoms with Gasteiger partial charge in [-0.3, -0.25) is 4.79 Å². The molecule has 0 spiro atoms. The lowest BCUT2D eigenvalue weighted by atomic mass is 10.1. The van der Waals surface area contributed by atoms with Crippen molar-refractivity contribution in [3.05, 3.63) is 95.6 Å². The standard InChI is InChI=1S/C24H20F3NO3/c1-30-21-13-7-10-18(23(21)31-16-17-8-3-2-4-9-17)14-15-22(29)28-20-12-6-5-11-19(20)24(25,26)27/h2-15H,16H2,1H3,(H,28,29)/b15-14+. The predicted molar refractivity (Wildman–Crippen MR) is 113 cm³/mol. The van der Waals surface area contributed by atoms with Crippen LogP contribution in [0.1, 0.15) is 16.7 Å². The van der Waals surface area contributed by atoms with Gasteiger partial charge in [0.1, 0.15) is 6.61 Å². The first kappa shape index (κ1) is 22.0.